The molecule has 9 rings (SSSR count). The number of fused-ring (bicyclic) bond motifs is 6. The SMILES string of the molecule is Cc1c(-c2ccccc2)nc(-c2cccc(-n3c4ccc(Br)cc4c4cc5c(cc43)C(C)(C)c3ccccc3-5)c2)nc1-c1ccccc1. The van der Waals surface area contributed by atoms with Crippen molar-refractivity contribution in [1.29, 1.82) is 0 Å². The first-order valence-corrected chi connectivity index (χ1v) is 17.2. The Morgan fingerprint density at radius 2 is 1.17 bits per heavy atom. The van der Waals surface area contributed by atoms with Gasteiger partial charge in [0.05, 0.1) is 22.4 Å². The Morgan fingerprint density at radius 1 is 0.542 bits per heavy atom. The average molecular weight is 683 g/mol. The van der Waals surface area contributed by atoms with Crippen LogP contribution in [0.5, 0.6) is 0 Å². The molecule has 2 aromatic heterocycles. The minimum atomic E-state index is -0.0960. The highest BCUT2D eigenvalue weighted by atomic mass is 79.9. The fourth-order valence-electron chi connectivity index (χ4n) is 7.65. The Morgan fingerprint density at radius 3 is 1.88 bits per heavy atom. The third-order valence-electron chi connectivity index (χ3n) is 10.0. The van der Waals surface area contributed by atoms with Crippen LogP contribution in [-0.4, -0.2) is 14.5 Å². The zero-order valence-electron chi connectivity index (χ0n) is 27.0. The van der Waals surface area contributed by atoms with E-state index in [0.717, 1.165) is 43.8 Å². The van der Waals surface area contributed by atoms with Gasteiger partial charge in [-0.2, -0.15) is 0 Å². The lowest BCUT2D eigenvalue weighted by Crippen LogP contribution is -2.14. The lowest BCUT2D eigenvalue weighted by Gasteiger charge is -2.21. The van der Waals surface area contributed by atoms with Gasteiger partial charge in [0.25, 0.3) is 0 Å². The Balaban J connectivity index is 1.28. The van der Waals surface area contributed by atoms with Crippen LogP contribution in [0.1, 0.15) is 30.5 Å². The Labute approximate surface area is 288 Å². The number of hydrogen-bond acceptors (Lipinski definition) is 2. The van der Waals surface area contributed by atoms with Gasteiger partial charge in [-0.05, 0) is 71.6 Å². The van der Waals surface area contributed by atoms with Crippen LogP contribution in [0.25, 0.3) is 72.5 Å². The number of rotatable bonds is 4. The van der Waals surface area contributed by atoms with E-state index in [1.807, 2.05) is 12.1 Å². The first-order chi connectivity index (χ1) is 23.4. The zero-order chi connectivity index (χ0) is 32.6. The molecule has 0 aliphatic heterocycles. The summed E-state index contributed by atoms with van der Waals surface area (Å²) in [6, 6.07) is 49.8. The third-order valence-corrected chi connectivity index (χ3v) is 10.5. The van der Waals surface area contributed by atoms with Crippen LogP contribution in [0.2, 0.25) is 0 Å². The van der Waals surface area contributed by atoms with Crippen LogP contribution in [0.3, 0.4) is 0 Å². The number of hydrogen-bond donors (Lipinski definition) is 0. The van der Waals surface area contributed by atoms with Gasteiger partial charge in [0.15, 0.2) is 5.82 Å². The van der Waals surface area contributed by atoms with E-state index >= 15 is 0 Å². The van der Waals surface area contributed by atoms with E-state index in [9.17, 15) is 0 Å². The van der Waals surface area contributed by atoms with Gasteiger partial charge in [-0.1, -0.05) is 127 Å². The van der Waals surface area contributed by atoms with E-state index in [2.05, 4.69) is 169 Å². The van der Waals surface area contributed by atoms with Crippen LogP contribution in [-0.2, 0) is 5.41 Å². The molecule has 0 unspecified atom stereocenters. The predicted molar refractivity (Wildman–Crippen MR) is 203 cm³/mol. The van der Waals surface area contributed by atoms with E-state index in [4.69, 9.17) is 9.97 Å². The van der Waals surface area contributed by atoms with E-state index in [1.54, 1.807) is 0 Å². The maximum Gasteiger partial charge on any atom is 0.160 e. The first-order valence-electron chi connectivity index (χ1n) is 16.4. The Bertz CT molecular complexity index is 2490. The molecule has 1 aliphatic carbocycles. The Kier molecular flexibility index (Phi) is 6.53. The standard InChI is InChI=1S/C44H32BrN3/c1-27-41(28-13-6-4-7-14-28)46-43(47-42(27)29-15-8-5-9-16-29)30-17-12-18-32(23-30)48-39-22-21-31(45)24-35(39)36-25-34-33-19-10-11-20-37(33)44(2,3)38(34)26-40(36)48/h4-26H,1-3H3. The molecule has 6 aromatic carbocycles. The van der Waals surface area contributed by atoms with Crippen LogP contribution in [0.4, 0.5) is 0 Å². The van der Waals surface area contributed by atoms with Crippen molar-refractivity contribution >= 4 is 37.7 Å². The minimum absolute atomic E-state index is 0.0960. The molecule has 4 heteroatoms. The number of benzene rings is 6. The summed E-state index contributed by atoms with van der Waals surface area (Å²) < 4.78 is 3.48. The second-order valence-corrected chi connectivity index (χ2v) is 14.1. The summed E-state index contributed by atoms with van der Waals surface area (Å²) in [6.07, 6.45) is 0. The average Bonchev–Trinajstić information content (AvgIpc) is 3.55. The van der Waals surface area contributed by atoms with Crippen LogP contribution < -0.4 is 0 Å². The lowest BCUT2D eigenvalue weighted by atomic mass is 9.82. The molecule has 8 aromatic rings. The molecule has 0 spiro atoms. The summed E-state index contributed by atoms with van der Waals surface area (Å²) in [6.45, 7) is 6.81. The highest BCUT2D eigenvalue weighted by Crippen LogP contribution is 2.51. The molecular formula is C44H32BrN3. The number of nitrogens with zero attached hydrogens (tertiary/aromatic N) is 3. The second kappa shape index (κ2) is 10.9. The van der Waals surface area contributed by atoms with Crippen LogP contribution in [0.15, 0.2) is 144 Å². The summed E-state index contributed by atoms with van der Waals surface area (Å²) >= 11 is 3.76. The molecule has 0 amide bonds. The lowest BCUT2D eigenvalue weighted by molar-refractivity contribution is 0.661. The molecule has 48 heavy (non-hydrogen) atoms. The smallest absolute Gasteiger partial charge is 0.160 e. The maximum absolute atomic E-state index is 5.22. The summed E-state index contributed by atoms with van der Waals surface area (Å²) in [4.78, 5) is 10.4. The van der Waals surface area contributed by atoms with Gasteiger partial charge in [-0.15, -0.1) is 0 Å². The monoisotopic (exact) mass is 681 g/mol. The molecule has 0 N–H and O–H groups in total. The van der Waals surface area contributed by atoms with Crippen molar-refractivity contribution in [3.8, 4) is 50.7 Å². The molecule has 2 heterocycles. The van der Waals surface area contributed by atoms with Crippen LogP contribution in [0, 0.1) is 6.92 Å². The van der Waals surface area contributed by atoms with Crippen molar-refractivity contribution in [2.75, 3.05) is 0 Å². The van der Waals surface area contributed by atoms with Crippen LogP contribution >= 0.6 is 15.9 Å². The third kappa shape index (κ3) is 4.40. The largest absolute Gasteiger partial charge is 0.309 e. The molecule has 0 bridgehead atoms. The summed E-state index contributed by atoms with van der Waals surface area (Å²) in [5.41, 5.74) is 14.8. The molecule has 0 atom stereocenters. The predicted octanol–water partition coefficient (Wildman–Crippen LogP) is 12.0. The molecule has 230 valence electrons. The van der Waals surface area contributed by atoms with Crippen molar-refractivity contribution in [2.24, 2.45) is 0 Å². The Hall–Kier alpha value is -5.32. The van der Waals surface area contributed by atoms with Gasteiger partial charge >= 0.3 is 0 Å². The van der Waals surface area contributed by atoms with E-state index in [0.29, 0.717) is 5.82 Å². The molecule has 3 nitrogen and oxygen atoms in total. The molecule has 0 saturated carbocycles. The molecule has 0 saturated heterocycles. The minimum Gasteiger partial charge on any atom is -0.309 e. The molecule has 0 radical (unpaired) electrons. The van der Waals surface area contributed by atoms with Gasteiger partial charge in [0.1, 0.15) is 0 Å². The molecule has 0 fully saturated rings. The summed E-state index contributed by atoms with van der Waals surface area (Å²) in [7, 11) is 0. The van der Waals surface area contributed by atoms with Crippen molar-refractivity contribution < 1.29 is 0 Å². The first kappa shape index (κ1) is 28.9. The van der Waals surface area contributed by atoms with E-state index in [-0.39, 0.29) is 5.41 Å². The summed E-state index contributed by atoms with van der Waals surface area (Å²) in [5, 5.41) is 2.46. The topological polar surface area (TPSA) is 30.7 Å². The fourth-order valence-corrected chi connectivity index (χ4v) is 8.01. The molecular weight excluding hydrogens is 650 g/mol. The van der Waals surface area contributed by atoms with Gasteiger partial charge in [0, 0.05) is 48.6 Å². The highest BCUT2D eigenvalue weighted by molar-refractivity contribution is 9.10. The normalized spacial score (nSPS) is 13.2. The summed E-state index contributed by atoms with van der Waals surface area (Å²) in [5.74, 6) is 0.709. The van der Waals surface area contributed by atoms with Gasteiger partial charge in [-0.3, -0.25) is 0 Å². The van der Waals surface area contributed by atoms with Crippen molar-refractivity contribution in [3.63, 3.8) is 0 Å². The van der Waals surface area contributed by atoms with Crippen molar-refractivity contribution in [1.82, 2.24) is 14.5 Å². The van der Waals surface area contributed by atoms with Gasteiger partial charge in [-0.25, -0.2) is 9.97 Å². The number of halogens is 1. The van der Waals surface area contributed by atoms with E-state index in [1.165, 1.54) is 44.1 Å². The maximum atomic E-state index is 5.22. The van der Waals surface area contributed by atoms with Crippen molar-refractivity contribution in [3.05, 3.63) is 161 Å². The quantitative estimate of drug-likeness (QED) is 0.185. The van der Waals surface area contributed by atoms with Gasteiger partial charge < -0.3 is 4.57 Å². The highest BCUT2D eigenvalue weighted by Gasteiger charge is 2.36. The molecule has 1 aliphatic rings. The zero-order valence-corrected chi connectivity index (χ0v) is 28.6. The van der Waals surface area contributed by atoms with Crippen molar-refractivity contribution in [2.45, 2.75) is 26.2 Å². The van der Waals surface area contributed by atoms with E-state index < -0.39 is 0 Å². The fraction of sp³-hybridized carbons (Fsp3) is 0.0909. The second-order valence-electron chi connectivity index (χ2n) is 13.2. The number of aromatic nitrogens is 3. The van der Waals surface area contributed by atoms with Gasteiger partial charge in [0.2, 0.25) is 0 Å².